The lowest BCUT2D eigenvalue weighted by Gasteiger charge is -2.21. The van der Waals surface area contributed by atoms with Gasteiger partial charge in [0, 0.05) is 15.8 Å². The van der Waals surface area contributed by atoms with Gasteiger partial charge in [-0.05, 0) is 36.8 Å². The molecule has 2 atom stereocenters. The third-order valence-corrected chi connectivity index (χ3v) is 4.78. The van der Waals surface area contributed by atoms with Crippen LogP contribution >= 0.6 is 27.7 Å². The van der Waals surface area contributed by atoms with Gasteiger partial charge in [0.1, 0.15) is 0 Å². The lowest BCUT2D eigenvalue weighted by atomic mass is 10.1. The Hall–Kier alpha value is 0.01000. The van der Waals surface area contributed by atoms with E-state index in [4.69, 9.17) is 5.73 Å². The van der Waals surface area contributed by atoms with Crippen LogP contribution in [-0.4, -0.2) is 11.8 Å². The van der Waals surface area contributed by atoms with Crippen molar-refractivity contribution in [2.45, 2.75) is 44.4 Å². The minimum Gasteiger partial charge on any atom is -0.327 e. The van der Waals surface area contributed by atoms with E-state index in [2.05, 4.69) is 54.0 Å². The molecule has 0 amide bonds. The molecule has 1 aromatic carbocycles. The van der Waals surface area contributed by atoms with E-state index in [1.165, 1.54) is 30.6 Å². The van der Waals surface area contributed by atoms with E-state index in [0.717, 1.165) is 4.47 Å². The van der Waals surface area contributed by atoms with Gasteiger partial charge in [-0.3, -0.25) is 0 Å². The monoisotopic (exact) mass is 315 g/mol. The van der Waals surface area contributed by atoms with Crippen LogP contribution in [0, 0.1) is 0 Å². The standard InChI is InChI=1S/C14H22BrNS/c1-3-4-5-9-17-14(11(2)16)12-7-6-8-13(15)10-12/h6-8,10-11,14H,3-5,9,16H2,1-2H3. The van der Waals surface area contributed by atoms with Crippen LogP contribution < -0.4 is 5.73 Å². The molecule has 0 heterocycles. The van der Waals surface area contributed by atoms with E-state index < -0.39 is 0 Å². The summed E-state index contributed by atoms with van der Waals surface area (Å²) in [7, 11) is 0. The minimum atomic E-state index is 0.191. The average Bonchev–Trinajstić information content (AvgIpc) is 2.28. The second-order valence-electron chi connectivity index (χ2n) is 4.41. The van der Waals surface area contributed by atoms with Gasteiger partial charge in [0.2, 0.25) is 0 Å². The highest BCUT2D eigenvalue weighted by Gasteiger charge is 2.16. The van der Waals surface area contributed by atoms with E-state index in [1.54, 1.807) is 0 Å². The lowest BCUT2D eigenvalue weighted by Crippen LogP contribution is -2.22. The number of hydrogen-bond acceptors (Lipinski definition) is 2. The van der Waals surface area contributed by atoms with Crippen molar-refractivity contribution in [3.63, 3.8) is 0 Å². The van der Waals surface area contributed by atoms with Crippen LogP contribution in [0.15, 0.2) is 28.7 Å². The maximum Gasteiger partial charge on any atom is 0.0446 e. The smallest absolute Gasteiger partial charge is 0.0446 e. The van der Waals surface area contributed by atoms with Crippen molar-refractivity contribution < 1.29 is 0 Å². The fourth-order valence-corrected chi connectivity index (χ4v) is 3.48. The first-order valence-corrected chi connectivity index (χ1v) is 8.12. The Morgan fingerprint density at radius 1 is 1.35 bits per heavy atom. The topological polar surface area (TPSA) is 26.0 Å². The van der Waals surface area contributed by atoms with E-state index in [-0.39, 0.29) is 6.04 Å². The lowest BCUT2D eigenvalue weighted by molar-refractivity contribution is 0.716. The predicted molar refractivity (Wildman–Crippen MR) is 82.5 cm³/mol. The van der Waals surface area contributed by atoms with Crippen molar-refractivity contribution in [1.29, 1.82) is 0 Å². The molecule has 3 heteroatoms. The normalized spacial score (nSPS) is 14.6. The Morgan fingerprint density at radius 2 is 2.12 bits per heavy atom. The second-order valence-corrected chi connectivity index (χ2v) is 6.58. The molecule has 1 nitrogen and oxygen atoms in total. The molecule has 0 aromatic heterocycles. The van der Waals surface area contributed by atoms with Crippen LogP contribution in [0.2, 0.25) is 0 Å². The number of hydrogen-bond donors (Lipinski definition) is 1. The van der Waals surface area contributed by atoms with Crippen molar-refractivity contribution in [2.75, 3.05) is 5.75 Å². The summed E-state index contributed by atoms with van der Waals surface area (Å²) in [5.74, 6) is 1.20. The molecule has 0 saturated heterocycles. The molecule has 1 rings (SSSR count). The van der Waals surface area contributed by atoms with E-state index in [1.807, 2.05) is 11.8 Å². The first-order valence-electron chi connectivity index (χ1n) is 6.27. The summed E-state index contributed by atoms with van der Waals surface area (Å²) in [6.45, 7) is 4.33. The number of benzene rings is 1. The van der Waals surface area contributed by atoms with Gasteiger partial charge in [0.05, 0.1) is 0 Å². The molecule has 2 N–H and O–H groups in total. The van der Waals surface area contributed by atoms with E-state index in [9.17, 15) is 0 Å². The van der Waals surface area contributed by atoms with Crippen molar-refractivity contribution in [1.82, 2.24) is 0 Å². The van der Waals surface area contributed by atoms with Gasteiger partial charge >= 0.3 is 0 Å². The number of thioether (sulfide) groups is 1. The van der Waals surface area contributed by atoms with Crippen LogP contribution in [0.3, 0.4) is 0 Å². The number of nitrogens with two attached hydrogens (primary N) is 1. The maximum atomic E-state index is 6.10. The van der Waals surface area contributed by atoms with Gasteiger partial charge in [-0.15, -0.1) is 0 Å². The third-order valence-electron chi connectivity index (χ3n) is 2.70. The van der Waals surface area contributed by atoms with E-state index in [0.29, 0.717) is 5.25 Å². The quantitative estimate of drug-likeness (QED) is 0.734. The van der Waals surface area contributed by atoms with Gasteiger partial charge in [-0.1, -0.05) is 47.8 Å². The zero-order chi connectivity index (χ0) is 12.7. The fraction of sp³-hybridized carbons (Fsp3) is 0.571. The fourth-order valence-electron chi connectivity index (χ4n) is 1.80. The molecular weight excluding hydrogens is 294 g/mol. The molecule has 2 unspecified atom stereocenters. The SMILES string of the molecule is CCCCCSC(c1cccc(Br)c1)C(C)N. The average molecular weight is 316 g/mol. The first kappa shape index (κ1) is 15.1. The van der Waals surface area contributed by atoms with Crippen LogP contribution in [0.25, 0.3) is 0 Å². The van der Waals surface area contributed by atoms with Crippen LogP contribution in [0.1, 0.15) is 43.9 Å². The molecule has 1 aromatic rings. The first-order chi connectivity index (χ1) is 8.15. The van der Waals surface area contributed by atoms with Crippen LogP contribution in [0.4, 0.5) is 0 Å². The molecule has 0 aliphatic carbocycles. The zero-order valence-corrected chi connectivity index (χ0v) is 13.1. The van der Waals surface area contributed by atoms with Crippen molar-refractivity contribution in [2.24, 2.45) is 5.73 Å². The molecule has 17 heavy (non-hydrogen) atoms. The molecule has 0 bridgehead atoms. The zero-order valence-electron chi connectivity index (χ0n) is 10.7. The molecule has 96 valence electrons. The summed E-state index contributed by atoms with van der Waals surface area (Å²) in [6.07, 6.45) is 3.88. The third kappa shape index (κ3) is 5.45. The summed E-state index contributed by atoms with van der Waals surface area (Å²) in [5, 5.41) is 0.407. The highest BCUT2D eigenvalue weighted by Crippen LogP contribution is 2.33. The summed E-state index contributed by atoms with van der Waals surface area (Å²) in [4.78, 5) is 0. The predicted octanol–water partition coefficient (Wildman–Crippen LogP) is 4.76. The highest BCUT2D eigenvalue weighted by atomic mass is 79.9. The van der Waals surface area contributed by atoms with Gasteiger partial charge in [0.15, 0.2) is 0 Å². The second kappa shape index (κ2) is 8.17. The Kier molecular flexibility index (Phi) is 7.24. The van der Waals surface area contributed by atoms with E-state index >= 15 is 0 Å². The highest BCUT2D eigenvalue weighted by molar-refractivity contribution is 9.10. The minimum absolute atomic E-state index is 0.191. The molecule has 0 aliphatic heterocycles. The Bertz CT molecular complexity index is 328. The van der Waals surface area contributed by atoms with Gasteiger partial charge < -0.3 is 5.73 Å². The summed E-state index contributed by atoms with van der Waals surface area (Å²) in [6, 6.07) is 8.69. The summed E-state index contributed by atoms with van der Waals surface area (Å²) < 4.78 is 1.13. The number of rotatable bonds is 7. The molecule has 0 saturated carbocycles. The van der Waals surface area contributed by atoms with Gasteiger partial charge in [-0.25, -0.2) is 0 Å². The summed E-state index contributed by atoms with van der Waals surface area (Å²) >= 11 is 5.51. The Morgan fingerprint density at radius 3 is 2.71 bits per heavy atom. The summed E-state index contributed by atoms with van der Waals surface area (Å²) in [5.41, 5.74) is 7.43. The number of unbranched alkanes of at least 4 members (excludes halogenated alkanes) is 2. The molecule has 0 fully saturated rings. The maximum absolute atomic E-state index is 6.10. The molecule has 0 spiro atoms. The van der Waals surface area contributed by atoms with Crippen LogP contribution in [0.5, 0.6) is 0 Å². The van der Waals surface area contributed by atoms with Gasteiger partial charge in [-0.2, -0.15) is 11.8 Å². The molecule has 0 radical (unpaired) electrons. The van der Waals surface area contributed by atoms with Gasteiger partial charge in [0.25, 0.3) is 0 Å². The van der Waals surface area contributed by atoms with Crippen molar-refractivity contribution in [3.05, 3.63) is 34.3 Å². The Balaban J connectivity index is 2.59. The van der Waals surface area contributed by atoms with Crippen molar-refractivity contribution >= 4 is 27.7 Å². The molecular formula is C14H22BrNS. The Labute approximate surface area is 118 Å². The number of halogens is 1. The largest absolute Gasteiger partial charge is 0.327 e. The molecule has 0 aliphatic rings. The van der Waals surface area contributed by atoms with Crippen molar-refractivity contribution in [3.8, 4) is 0 Å². The van der Waals surface area contributed by atoms with Crippen LogP contribution in [-0.2, 0) is 0 Å².